The molecule has 0 saturated carbocycles. The van der Waals surface area contributed by atoms with E-state index in [0.29, 0.717) is 11.1 Å². The monoisotopic (exact) mass is 281 g/mol. The summed E-state index contributed by atoms with van der Waals surface area (Å²) in [5.74, 6) is -0.382. The molecule has 0 aliphatic carbocycles. The third-order valence-electron chi connectivity index (χ3n) is 2.65. The van der Waals surface area contributed by atoms with Crippen molar-refractivity contribution in [3.05, 3.63) is 48.3 Å². The molecule has 0 bridgehead atoms. The number of halogens is 1. The molecule has 0 fully saturated rings. The first kappa shape index (κ1) is 13.5. The molecule has 0 aliphatic rings. The normalized spacial score (nSPS) is 11.3. The van der Waals surface area contributed by atoms with Gasteiger partial charge in [0.15, 0.2) is 11.6 Å². The summed E-state index contributed by atoms with van der Waals surface area (Å²) < 4.78 is 40.8. The van der Waals surface area contributed by atoms with Gasteiger partial charge in [-0.25, -0.2) is 17.9 Å². The second-order valence-electron chi connectivity index (χ2n) is 3.92. The zero-order valence-corrected chi connectivity index (χ0v) is 10.9. The highest BCUT2D eigenvalue weighted by Crippen LogP contribution is 2.27. The summed E-state index contributed by atoms with van der Waals surface area (Å²) in [5, 5.41) is 5.07. The van der Waals surface area contributed by atoms with Gasteiger partial charge in [0.1, 0.15) is 0 Å². The van der Waals surface area contributed by atoms with Crippen LogP contribution in [0, 0.1) is 5.82 Å². The number of benzene rings is 2. The van der Waals surface area contributed by atoms with Gasteiger partial charge in [0, 0.05) is 0 Å². The Kier molecular flexibility index (Phi) is 3.55. The second kappa shape index (κ2) is 4.99. The van der Waals surface area contributed by atoms with Crippen molar-refractivity contribution in [1.29, 1.82) is 0 Å². The Hall–Kier alpha value is -1.92. The van der Waals surface area contributed by atoms with Crippen molar-refractivity contribution < 1.29 is 17.5 Å². The highest BCUT2D eigenvalue weighted by Gasteiger charge is 2.10. The minimum absolute atomic E-state index is 0.00768. The van der Waals surface area contributed by atoms with Crippen LogP contribution in [-0.4, -0.2) is 15.5 Å². The Labute approximate surface area is 110 Å². The Morgan fingerprint density at radius 2 is 1.79 bits per heavy atom. The van der Waals surface area contributed by atoms with Gasteiger partial charge in [-0.05, 0) is 35.4 Å². The lowest BCUT2D eigenvalue weighted by Gasteiger charge is -2.07. The van der Waals surface area contributed by atoms with Gasteiger partial charge in [0.05, 0.1) is 12.0 Å². The second-order valence-corrected chi connectivity index (χ2v) is 5.48. The molecular weight excluding hydrogens is 269 g/mol. The maximum absolute atomic E-state index is 13.3. The summed E-state index contributed by atoms with van der Waals surface area (Å²) in [7, 11) is -2.40. The molecule has 2 aromatic rings. The van der Waals surface area contributed by atoms with E-state index < -0.39 is 15.8 Å². The molecule has 0 amide bonds. The number of hydrogen-bond donors (Lipinski definition) is 1. The van der Waals surface area contributed by atoms with Crippen molar-refractivity contribution in [2.24, 2.45) is 5.14 Å². The third kappa shape index (κ3) is 2.91. The average molecular weight is 281 g/mol. The van der Waals surface area contributed by atoms with Crippen LogP contribution in [0.1, 0.15) is 0 Å². The van der Waals surface area contributed by atoms with Crippen LogP contribution < -0.4 is 9.88 Å². The van der Waals surface area contributed by atoms with Gasteiger partial charge in [-0.15, -0.1) is 0 Å². The molecule has 0 saturated heterocycles. The molecule has 100 valence electrons. The van der Waals surface area contributed by atoms with Crippen LogP contribution in [0.5, 0.6) is 5.75 Å². The highest BCUT2D eigenvalue weighted by atomic mass is 32.2. The van der Waals surface area contributed by atoms with Gasteiger partial charge in [-0.2, -0.15) is 0 Å². The fourth-order valence-electron chi connectivity index (χ4n) is 1.69. The lowest BCUT2D eigenvalue weighted by atomic mass is 10.1. The predicted molar refractivity (Wildman–Crippen MR) is 69.8 cm³/mol. The number of methoxy groups -OCH3 is 1. The Balaban J connectivity index is 2.54. The average Bonchev–Trinajstić information content (AvgIpc) is 2.38. The number of rotatable bonds is 3. The fourth-order valence-corrected chi connectivity index (χ4v) is 2.25. The predicted octanol–water partition coefficient (Wildman–Crippen LogP) is 2.15. The number of nitrogens with two attached hydrogens (primary N) is 1. The first-order valence-electron chi connectivity index (χ1n) is 5.38. The summed E-state index contributed by atoms with van der Waals surface area (Å²) in [6, 6.07) is 10.4. The van der Waals surface area contributed by atoms with Crippen molar-refractivity contribution in [2.45, 2.75) is 4.90 Å². The molecule has 19 heavy (non-hydrogen) atoms. The van der Waals surface area contributed by atoms with Crippen molar-refractivity contribution in [1.82, 2.24) is 0 Å². The van der Waals surface area contributed by atoms with Crippen molar-refractivity contribution in [3.63, 3.8) is 0 Å². The van der Waals surface area contributed by atoms with Crippen molar-refractivity contribution in [2.75, 3.05) is 7.11 Å². The Morgan fingerprint density at radius 3 is 2.42 bits per heavy atom. The van der Waals surface area contributed by atoms with Crippen LogP contribution in [0.4, 0.5) is 4.39 Å². The van der Waals surface area contributed by atoms with Gasteiger partial charge >= 0.3 is 0 Å². The molecule has 2 aromatic carbocycles. The maximum Gasteiger partial charge on any atom is 0.238 e. The van der Waals surface area contributed by atoms with E-state index in [1.54, 1.807) is 18.2 Å². The number of ether oxygens (including phenoxy) is 1. The molecule has 2 rings (SSSR count). The van der Waals surface area contributed by atoms with Crippen LogP contribution >= 0.6 is 0 Å². The van der Waals surface area contributed by atoms with Crippen LogP contribution in [0.3, 0.4) is 0 Å². The molecule has 6 heteroatoms. The van der Waals surface area contributed by atoms with E-state index in [2.05, 4.69) is 0 Å². The summed E-state index contributed by atoms with van der Waals surface area (Å²) in [4.78, 5) is 0.00768. The van der Waals surface area contributed by atoms with E-state index in [9.17, 15) is 12.8 Å². The molecule has 0 aromatic heterocycles. The first-order chi connectivity index (χ1) is 8.91. The molecule has 0 heterocycles. The fraction of sp³-hybridized carbons (Fsp3) is 0.0769. The topological polar surface area (TPSA) is 69.4 Å². The van der Waals surface area contributed by atoms with E-state index in [4.69, 9.17) is 9.88 Å². The number of primary sulfonamides is 1. The molecular formula is C13H12FNO3S. The van der Waals surface area contributed by atoms with Gasteiger partial charge in [-0.1, -0.05) is 18.2 Å². The SMILES string of the molecule is COc1cc(-c2cccc(S(N)(=O)=O)c2)ccc1F. The van der Waals surface area contributed by atoms with Crippen molar-refractivity contribution in [3.8, 4) is 16.9 Å². The van der Waals surface area contributed by atoms with E-state index in [-0.39, 0.29) is 10.6 Å². The molecule has 0 radical (unpaired) electrons. The molecule has 0 unspecified atom stereocenters. The lowest BCUT2D eigenvalue weighted by Crippen LogP contribution is -2.11. The number of sulfonamides is 1. The summed E-state index contributed by atoms with van der Waals surface area (Å²) in [5.41, 5.74) is 1.26. The summed E-state index contributed by atoms with van der Waals surface area (Å²) in [6.07, 6.45) is 0. The van der Waals surface area contributed by atoms with Gasteiger partial charge < -0.3 is 4.74 Å². The largest absolute Gasteiger partial charge is 0.494 e. The molecule has 4 nitrogen and oxygen atoms in total. The minimum Gasteiger partial charge on any atom is -0.494 e. The Morgan fingerprint density at radius 1 is 1.11 bits per heavy atom. The van der Waals surface area contributed by atoms with Gasteiger partial charge in [0.25, 0.3) is 0 Å². The van der Waals surface area contributed by atoms with Gasteiger partial charge in [-0.3, -0.25) is 0 Å². The zero-order valence-electron chi connectivity index (χ0n) is 10.1. The maximum atomic E-state index is 13.3. The quantitative estimate of drug-likeness (QED) is 0.937. The van der Waals surface area contributed by atoms with Gasteiger partial charge in [0.2, 0.25) is 10.0 Å². The zero-order chi connectivity index (χ0) is 14.0. The van der Waals surface area contributed by atoms with E-state index in [1.165, 1.54) is 31.4 Å². The smallest absolute Gasteiger partial charge is 0.238 e. The van der Waals surface area contributed by atoms with Crippen LogP contribution in [-0.2, 0) is 10.0 Å². The number of hydrogen-bond acceptors (Lipinski definition) is 3. The Bertz CT molecular complexity index is 714. The summed E-state index contributed by atoms with van der Waals surface area (Å²) >= 11 is 0. The van der Waals surface area contributed by atoms with Crippen LogP contribution in [0.15, 0.2) is 47.4 Å². The highest BCUT2D eigenvalue weighted by molar-refractivity contribution is 7.89. The van der Waals surface area contributed by atoms with Crippen LogP contribution in [0.2, 0.25) is 0 Å². The third-order valence-corrected chi connectivity index (χ3v) is 3.56. The summed E-state index contributed by atoms with van der Waals surface area (Å²) in [6.45, 7) is 0. The molecule has 0 spiro atoms. The lowest BCUT2D eigenvalue weighted by molar-refractivity contribution is 0.387. The standard InChI is InChI=1S/C13H12FNO3S/c1-18-13-8-10(5-6-12(13)14)9-3-2-4-11(7-9)19(15,16)17/h2-8H,1H3,(H2,15,16,17). The van der Waals surface area contributed by atoms with Crippen molar-refractivity contribution >= 4 is 10.0 Å². The van der Waals surface area contributed by atoms with E-state index in [0.717, 1.165) is 0 Å². The minimum atomic E-state index is -3.76. The molecule has 2 N–H and O–H groups in total. The molecule has 0 atom stereocenters. The van der Waals surface area contributed by atoms with E-state index in [1.807, 2.05) is 0 Å². The van der Waals surface area contributed by atoms with Crippen LogP contribution in [0.25, 0.3) is 11.1 Å². The first-order valence-corrected chi connectivity index (χ1v) is 6.93. The van der Waals surface area contributed by atoms with E-state index >= 15 is 0 Å². The molecule has 0 aliphatic heterocycles.